The molecule has 0 radical (unpaired) electrons. The van der Waals surface area contributed by atoms with Gasteiger partial charge in [0.1, 0.15) is 0 Å². The molecule has 2 nitrogen and oxygen atoms in total. The Balaban J connectivity index is 2.69. The molecule has 2 aromatic carbocycles. The Kier molecular flexibility index (Phi) is 4.58. The van der Waals surface area contributed by atoms with Crippen LogP contribution in [-0.4, -0.2) is 8.42 Å². The van der Waals surface area contributed by atoms with E-state index in [4.69, 9.17) is 0 Å². The van der Waals surface area contributed by atoms with E-state index in [0.29, 0.717) is 18.2 Å². The Bertz CT molecular complexity index is 913. The van der Waals surface area contributed by atoms with Crippen molar-refractivity contribution < 1.29 is 43.5 Å². The predicted molar refractivity (Wildman–Crippen MR) is 68.3 cm³/mol. The van der Waals surface area contributed by atoms with Gasteiger partial charge < -0.3 is 0 Å². The zero-order valence-electron chi connectivity index (χ0n) is 11.7. The molecule has 0 aliphatic carbocycles. The van der Waals surface area contributed by atoms with Crippen molar-refractivity contribution in [2.24, 2.45) is 0 Å². The first-order valence-electron chi connectivity index (χ1n) is 6.23. The minimum absolute atomic E-state index is 0.0322. The van der Waals surface area contributed by atoms with Crippen molar-refractivity contribution in [1.29, 1.82) is 0 Å². The SMILES string of the molecule is O=S(=O)(c1ccc(F)c(F)c1)c1ccc(C(F)(F)F)c(C(F)(F)F)c1. The summed E-state index contributed by atoms with van der Waals surface area (Å²) >= 11 is 0. The number of hydrogen-bond acceptors (Lipinski definition) is 2. The lowest BCUT2D eigenvalue weighted by molar-refractivity contribution is -0.162. The summed E-state index contributed by atoms with van der Waals surface area (Å²) < 4.78 is 127. The third-order valence-corrected chi connectivity index (χ3v) is 4.86. The number of alkyl halides is 6. The smallest absolute Gasteiger partial charge is 0.219 e. The normalized spacial score (nSPS) is 13.1. The van der Waals surface area contributed by atoms with Gasteiger partial charge >= 0.3 is 12.4 Å². The first kappa shape index (κ1) is 19.2. The summed E-state index contributed by atoms with van der Waals surface area (Å²) in [5, 5.41) is 0. The van der Waals surface area contributed by atoms with Gasteiger partial charge in [0.25, 0.3) is 0 Å². The molecule has 0 amide bonds. The molecule has 0 heterocycles. The fraction of sp³-hybridized carbons (Fsp3) is 0.143. The summed E-state index contributed by atoms with van der Waals surface area (Å²) in [6, 6.07) is 1.31. The fourth-order valence-electron chi connectivity index (χ4n) is 1.95. The van der Waals surface area contributed by atoms with Gasteiger partial charge in [-0.05, 0) is 36.4 Å². The van der Waals surface area contributed by atoms with Gasteiger partial charge in [0, 0.05) is 0 Å². The van der Waals surface area contributed by atoms with Crippen LogP contribution in [0.5, 0.6) is 0 Å². The Morgan fingerprint density at radius 2 is 1.12 bits per heavy atom. The average Bonchev–Trinajstić information content (AvgIpc) is 2.47. The number of benzene rings is 2. The summed E-state index contributed by atoms with van der Waals surface area (Å²) in [4.78, 5) is -2.04. The molecule has 0 unspecified atom stereocenters. The van der Waals surface area contributed by atoms with Crippen LogP contribution in [-0.2, 0) is 22.2 Å². The Morgan fingerprint density at radius 3 is 1.60 bits per heavy atom. The van der Waals surface area contributed by atoms with E-state index in [2.05, 4.69) is 0 Å². The summed E-state index contributed by atoms with van der Waals surface area (Å²) in [6.07, 6.45) is -10.8. The highest BCUT2D eigenvalue weighted by Crippen LogP contribution is 2.41. The van der Waals surface area contributed by atoms with Crippen LogP contribution >= 0.6 is 0 Å². The Hall–Kier alpha value is -2.17. The van der Waals surface area contributed by atoms with E-state index in [0.717, 1.165) is 0 Å². The second-order valence-corrected chi connectivity index (χ2v) is 6.73. The van der Waals surface area contributed by atoms with E-state index in [9.17, 15) is 43.5 Å². The van der Waals surface area contributed by atoms with E-state index in [-0.39, 0.29) is 18.2 Å². The molecular weight excluding hydrogens is 384 g/mol. The van der Waals surface area contributed by atoms with Crippen molar-refractivity contribution in [2.75, 3.05) is 0 Å². The molecule has 0 saturated carbocycles. The first-order chi connectivity index (χ1) is 11.2. The third-order valence-electron chi connectivity index (χ3n) is 3.11. The minimum atomic E-state index is -5.48. The second-order valence-electron chi connectivity index (χ2n) is 4.78. The molecule has 136 valence electrons. The summed E-state index contributed by atoms with van der Waals surface area (Å²) in [6.45, 7) is 0. The van der Waals surface area contributed by atoms with Gasteiger partial charge in [-0.3, -0.25) is 0 Å². The molecule has 0 aliphatic heterocycles. The highest BCUT2D eigenvalue weighted by molar-refractivity contribution is 7.91. The number of halogens is 8. The van der Waals surface area contributed by atoms with Gasteiger partial charge in [-0.2, -0.15) is 26.3 Å². The van der Waals surface area contributed by atoms with Gasteiger partial charge in [0.15, 0.2) is 11.6 Å². The Labute approximate surface area is 135 Å². The summed E-state index contributed by atoms with van der Waals surface area (Å²) in [7, 11) is -4.80. The molecule has 2 rings (SSSR count). The zero-order chi connectivity index (χ0) is 19.2. The lowest BCUT2D eigenvalue weighted by Gasteiger charge is -2.16. The second kappa shape index (κ2) is 5.97. The molecule has 0 aromatic heterocycles. The standard InChI is InChI=1S/C14H6F8O2S/c15-11-4-2-8(6-12(11)16)25(23,24)7-1-3-9(13(17,18)19)10(5-7)14(20,21)22/h1-6H. The van der Waals surface area contributed by atoms with Crippen molar-refractivity contribution in [2.45, 2.75) is 22.1 Å². The highest BCUT2D eigenvalue weighted by atomic mass is 32.2. The van der Waals surface area contributed by atoms with E-state index in [1.165, 1.54) is 0 Å². The molecule has 0 bridgehead atoms. The van der Waals surface area contributed by atoms with Crippen molar-refractivity contribution in [3.8, 4) is 0 Å². The topological polar surface area (TPSA) is 34.1 Å². The quantitative estimate of drug-likeness (QED) is 0.544. The maximum absolute atomic E-state index is 13.1. The predicted octanol–water partition coefficient (Wildman–Crippen LogP) is 4.84. The van der Waals surface area contributed by atoms with Crippen LogP contribution in [0.4, 0.5) is 35.1 Å². The van der Waals surface area contributed by atoms with Crippen molar-refractivity contribution >= 4 is 9.84 Å². The van der Waals surface area contributed by atoms with E-state index in [1.54, 1.807) is 0 Å². The van der Waals surface area contributed by atoms with Gasteiger partial charge in [-0.25, -0.2) is 17.2 Å². The van der Waals surface area contributed by atoms with Crippen molar-refractivity contribution in [3.63, 3.8) is 0 Å². The lowest BCUT2D eigenvalue weighted by Crippen LogP contribution is -2.17. The molecule has 11 heteroatoms. The van der Waals surface area contributed by atoms with Crippen LogP contribution in [0.15, 0.2) is 46.2 Å². The Morgan fingerprint density at radius 1 is 0.640 bits per heavy atom. The molecule has 0 saturated heterocycles. The van der Waals surface area contributed by atoms with E-state index in [1.807, 2.05) is 0 Å². The van der Waals surface area contributed by atoms with Crippen LogP contribution in [0, 0.1) is 11.6 Å². The molecule has 25 heavy (non-hydrogen) atoms. The molecule has 0 spiro atoms. The van der Waals surface area contributed by atoms with Crippen LogP contribution < -0.4 is 0 Å². The average molecular weight is 390 g/mol. The largest absolute Gasteiger partial charge is 0.417 e. The highest BCUT2D eigenvalue weighted by Gasteiger charge is 2.43. The maximum Gasteiger partial charge on any atom is 0.417 e. The summed E-state index contributed by atoms with van der Waals surface area (Å²) in [5.41, 5.74) is -4.27. The fourth-order valence-corrected chi connectivity index (χ4v) is 3.25. The molecular formula is C14H6F8O2S. The maximum atomic E-state index is 13.1. The first-order valence-corrected chi connectivity index (χ1v) is 7.71. The van der Waals surface area contributed by atoms with Gasteiger partial charge in [0.05, 0.1) is 20.9 Å². The van der Waals surface area contributed by atoms with Crippen molar-refractivity contribution in [3.05, 3.63) is 59.2 Å². The van der Waals surface area contributed by atoms with Gasteiger partial charge in [-0.15, -0.1) is 0 Å². The molecule has 0 atom stereocenters. The van der Waals surface area contributed by atoms with Crippen LogP contribution in [0.1, 0.15) is 11.1 Å². The van der Waals surface area contributed by atoms with Crippen LogP contribution in [0.2, 0.25) is 0 Å². The molecule has 0 N–H and O–H groups in total. The number of hydrogen-bond donors (Lipinski definition) is 0. The minimum Gasteiger partial charge on any atom is -0.219 e. The van der Waals surface area contributed by atoms with Gasteiger partial charge in [0.2, 0.25) is 9.84 Å². The number of sulfone groups is 1. The lowest BCUT2D eigenvalue weighted by atomic mass is 10.1. The van der Waals surface area contributed by atoms with Crippen LogP contribution in [0.3, 0.4) is 0 Å². The molecule has 2 aromatic rings. The van der Waals surface area contributed by atoms with E-state index < -0.39 is 54.7 Å². The van der Waals surface area contributed by atoms with Crippen molar-refractivity contribution in [1.82, 2.24) is 0 Å². The molecule has 0 fully saturated rings. The number of rotatable bonds is 2. The summed E-state index contributed by atoms with van der Waals surface area (Å²) in [5.74, 6) is -2.98. The third kappa shape index (κ3) is 3.75. The zero-order valence-corrected chi connectivity index (χ0v) is 12.5. The van der Waals surface area contributed by atoms with Gasteiger partial charge in [-0.1, -0.05) is 0 Å². The van der Waals surface area contributed by atoms with E-state index >= 15 is 0 Å². The van der Waals surface area contributed by atoms with Crippen LogP contribution in [0.25, 0.3) is 0 Å². The molecule has 0 aliphatic rings. The monoisotopic (exact) mass is 390 g/mol.